The van der Waals surface area contributed by atoms with Gasteiger partial charge in [0.2, 0.25) is 0 Å². The lowest BCUT2D eigenvalue weighted by Gasteiger charge is -2.04. The molecule has 0 saturated heterocycles. The van der Waals surface area contributed by atoms with Gasteiger partial charge in [0.25, 0.3) is 0 Å². The normalized spacial score (nSPS) is 9.83. The molecule has 1 aromatic heterocycles. The zero-order chi connectivity index (χ0) is 9.30. The summed E-state index contributed by atoms with van der Waals surface area (Å²) in [4.78, 5) is 21.4. The van der Waals surface area contributed by atoms with Crippen molar-refractivity contribution >= 4 is 5.97 Å². The Morgan fingerprint density at radius 3 is 2.50 bits per heavy atom. The highest BCUT2D eigenvalue weighted by atomic mass is 16.4. The van der Waals surface area contributed by atoms with Crippen LogP contribution in [0.5, 0.6) is 0 Å². The van der Waals surface area contributed by atoms with E-state index in [-0.39, 0.29) is 5.76 Å². The maximum atomic E-state index is 11.0. The van der Waals surface area contributed by atoms with E-state index in [1.165, 1.54) is 6.92 Å². The highest BCUT2D eigenvalue weighted by Crippen LogP contribution is 2.03. The van der Waals surface area contributed by atoms with Crippen LogP contribution in [0.3, 0.4) is 0 Å². The fourth-order valence-corrected chi connectivity index (χ4v) is 0.997. The topological polar surface area (TPSA) is 70.3 Å². The van der Waals surface area contributed by atoms with Gasteiger partial charge in [-0.1, -0.05) is 0 Å². The van der Waals surface area contributed by atoms with Crippen LogP contribution in [0.2, 0.25) is 0 Å². The molecule has 0 N–H and O–H groups in total. The third-order valence-electron chi connectivity index (χ3n) is 1.45. The number of carboxylic acids is 1. The van der Waals surface area contributed by atoms with E-state index in [1.807, 2.05) is 0 Å². The second-order valence-corrected chi connectivity index (χ2v) is 2.44. The first-order valence-electron chi connectivity index (χ1n) is 3.35. The molecule has 64 valence electrons. The van der Waals surface area contributed by atoms with Gasteiger partial charge in [0.15, 0.2) is 5.43 Å². The first-order valence-corrected chi connectivity index (χ1v) is 3.35. The predicted molar refractivity (Wildman–Crippen MR) is 38.8 cm³/mol. The average molecular weight is 167 g/mol. The van der Waals surface area contributed by atoms with Crippen molar-refractivity contribution in [3.63, 3.8) is 0 Å². The summed E-state index contributed by atoms with van der Waals surface area (Å²) in [7, 11) is 0. The number of hydrogen-bond donors (Lipinski definition) is 0. The van der Waals surface area contributed by atoms with Crippen LogP contribution >= 0.6 is 0 Å². The van der Waals surface area contributed by atoms with Gasteiger partial charge in [0.05, 0.1) is 11.5 Å². The summed E-state index contributed by atoms with van der Waals surface area (Å²) in [5.41, 5.74) is -0.975. The van der Waals surface area contributed by atoms with Crippen molar-refractivity contribution in [3.05, 3.63) is 33.4 Å². The second-order valence-electron chi connectivity index (χ2n) is 2.44. The Hall–Kier alpha value is -1.58. The first kappa shape index (κ1) is 8.52. The van der Waals surface area contributed by atoms with Crippen LogP contribution < -0.4 is 10.5 Å². The number of carboxylic acid groups (broad SMARTS) is 1. The summed E-state index contributed by atoms with van der Waals surface area (Å²) < 4.78 is 4.93. The zero-order valence-corrected chi connectivity index (χ0v) is 6.71. The summed E-state index contributed by atoms with van der Waals surface area (Å²) in [6, 6.07) is 1.12. The molecule has 0 radical (unpaired) electrons. The van der Waals surface area contributed by atoms with Crippen LogP contribution in [-0.4, -0.2) is 5.97 Å². The lowest BCUT2D eigenvalue weighted by atomic mass is 10.2. The summed E-state index contributed by atoms with van der Waals surface area (Å²) in [5, 5.41) is 10.4. The van der Waals surface area contributed by atoms with E-state index < -0.39 is 17.0 Å². The number of aryl methyl sites for hydroxylation is 2. The monoisotopic (exact) mass is 167 g/mol. The van der Waals surface area contributed by atoms with Gasteiger partial charge in [-0.2, -0.15) is 0 Å². The summed E-state index contributed by atoms with van der Waals surface area (Å²) in [5.74, 6) is -1.02. The van der Waals surface area contributed by atoms with Gasteiger partial charge in [-0.3, -0.25) is 4.79 Å². The maximum absolute atomic E-state index is 11.0. The van der Waals surface area contributed by atoms with E-state index in [0.717, 1.165) is 6.07 Å². The first-order chi connectivity index (χ1) is 5.52. The molecular formula is C8H7O4-. The van der Waals surface area contributed by atoms with E-state index in [1.54, 1.807) is 6.92 Å². The van der Waals surface area contributed by atoms with Crippen LogP contribution in [0.4, 0.5) is 0 Å². The fourth-order valence-electron chi connectivity index (χ4n) is 0.997. The Labute approximate surface area is 68.4 Å². The van der Waals surface area contributed by atoms with Crippen molar-refractivity contribution in [3.8, 4) is 0 Å². The molecule has 0 aliphatic heterocycles. The molecule has 1 rings (SSSR count). The standard InChI is InChI=1S/C8H8O4/c1-4-3-6(9)7(8(10)11)5(2)12-4/h3H,1-2H3,(H,10,11)/p-1. The van der Waals surface area contributed by atoms with Crippen LogP contribution in [0.1, 0.15) is 21.9 Å². The molecule has 4 heteroatoms. The third kappa shape index (κ3) is 1.37. The quantitative estimate of drug-likeness (QED) is 0.571. The summed E-state index contributed by atoms with van der Waals surface area (Å²) >= 11 is 0. The molecule has 0 spiro atoms. The van der Waals surface area contributed by atoms with Gasteiger partial charge in [0, 0.05) is 6.07 Å². The second kappa shape index (κ2) is 2.81. The van der Waals surface area contributed by atoms with Crippen molar-refractivity contribution in [2.45, 2.75) is 13.8 Å². The van der Waals surface area contributed by atoms with Gasteiger partial charge < -0.3 is 14.3 Å². The molecule has 1 aromatic rings. The summed E-state index contributed by atoms with van der Waals surface area (Å²) in [6.45, 7) is 2.99. The minimum Gasteiger partial charge on any atom is -0.545 e. The Kier molecular flexibility index (Phi) is 1.99. The molecule has 0 atom stereocenters. The van der Waals surface area contributed by atoms with Crippen LogP contribution in [0.25, 0.3) is 0 Å². The van der Waals surface area contributed by atoms with E-state index in [9.17, 15) is 14.7 Å². The number of carbonyl (C=O) groups is 1. The van der Waals surface area contributed by atoms with Crippen LogP contribution in [-0.2, 0) is 0 Å². The van der Waals surface area contributed by atoms with Crippen LogP contribution in [0.15, 0.2) is 15.3 Å². The Balaban J connectivity index is 3.49. The average Bonchev–Trinajstić information content (AvgIpc) is 1.82. The van der Waals surface area contributed by atoms with Gasteiger partial charge in [-0.05, 0) is 13.8 Å². The molecule has 0 unspecified atom stereocenters. The number of carbonyl (C=O) groups excluding carboxylic acids is 1. The van der Waals surface area contributed by atoms with Crippen molar-refractivity contribution in [1.29, 1.82) is 0 Å². The van der Waals surface area contributed by atoms with Crippen molar-refractivity contribution in [2.24, 2.45) is 0 Å². The largest absolute Gasteiger partial charge is 0.545 e. The minimum absolute atomic E-state index is 0.0833. The molecule has 0 aromatic carbocycles. The number of aromatic carboxylic acids is 1. The van der Waals surface area contributed by atoms with E-state index >= 15 is 0 Å². The summed E-state index contributed by atoms with van der Waals surface area (Å²) in [6.07, 6.45) is 0. The van der Waals surface area contributed by atoms with Crippen molar-refractivity contribution in [2.75, 3.05) is 0 Å². The van der Waals surface area contributed by atoms with E-state index in [4.69, 9.17) is 4.42 Å². The number of hydrogen-bond acceptors (Lipinski definition) is 4. The molecular weight excluding hydrogens is 160 g/mol. The third-order valence-corrected chi connectivity index (χ3v) is 1.45. The zero-order valence-electron chi connectivity index (χ0n) is 6.71. The fraction of sp³-hybridized carbons (Fsp3) is 0.250. The lowest BCUT2D eigenvalue weighted by molar-refractivity contribution is -0.255. The smallest absolute Gasteiger partial charge is 0.194 e. The Morgan fingerprint density at radius 2 is 2.08 bits per heavy atom. The molecule has 12 heavy (non-hydrogen) atoms. The molecule has 0 aliphatic carbocycles. The molecule has 4 nitrogen and oxygen atoms in total. The van der Waals surface area contributed by atoms with Gasteiger partial charge in [-0.25, -0.2) is 0 Å². The predicted octanol–water partition coefficient (Wildman–Crippen LogP) is -0.380. The molecule has 0 amide bonds. The molecule has 0 bridgehead atoms. The highest BCUT2D eigenvalue weighted by molar-refractivity contribution is 5.86. The Bertz CT molecular complexity index is 375. The molecule has 0 fully saturated rings. The molecule has 0 aliphatic rings. The van der Waals surface area contributed by atoms with Gasteiger partial charge >= 0.3 is 0 Å². The van der Waals surface area contributed by atoms with Crippen LogP contribution in [0, 0.1) is 13.8 Å². The van der Waals surface area contributed by atoms with Gasteiger partial charge in [0.1, 0.15) is 11.5 Å². The Morgan fingerprint density at radius 1 is 1.50 bits per heavy atom. The minimum atomic E-state index is -1.50. The van der Waals surface area contributed by atoms with E-state index in [0.29, 0.717) is 5.76 Å². The molecule has 1 heterocycles. The van der Waals surface area contributed by atoms with Crippen molar-refractivity contribution < 1.29 is 14.3 Å². The number of rotatable bonds is 1. The van der Waals surface area contributed by atoms with Crippen molar-refractivity contribution in [1.82, 2.24) is 0 Å². The lowest BCUT2D eigenvalue weighted by Crippen LogP contribution is -2.29. The van der Waals surface area contributed by atoms with Gasteiger partial charge in [-0.15, -0.1) is 0 Å². The molecule has 0 saturated carbocycles. The highest BCUT2D eigenvalue weighted by Gasteiger charge is 2.06. The van der Waals surface area contributed by atoms with E-state index in [2.05, 4.69) is 0 Å². The SMILES string of the molecule is Cc1cc(=O)c(C(=O)[O-])c(C)o1. The maximum Gasteiger partial charge on any atom is 0.194 e.